The van der Waals surface area contributed by atoms with Crippen molar-refractivity contribution in [3.8, 4) is 0 Å². The molecule has 1 amide bonds. The molecular formula is C14H19N3O3S. The first-order chi connectivity index (χ1) is 10.1. The van der Waals surface area contributed by atoms with Crippen molar-refractivity contribution >= 4 is 15.7 Å². The molecule has 1 fully saturated rings. The maximum absolute atomic E-state index is 12.3. The van der Waals surface area contributed by atoms with Crippen LogP contribution in [0.15, 0.2) is 17.7 Å². The Kier molecular flexibility index (Phi) is 3.84. The van der Waals surface area contributed by atoms with Crippen LogP contribution < -0.4 is 5.32 Å². The van der Waals surface area contributed by atoms with Crippen molar-refractivity contribution in [2.24, 2.45) is 0 Å². The largest absolute Gasteiger partial charge is 0.345 e. The van der Waals surface area contributed by atoms with E-state index in [1.54, 1.807) is 0 Å². The minimum Gasteiger partial charge on any atom is -0.345 e. The fraction of sp³-hybridized carbons (Fsp3) is 0.571. The molecule has 1 aromatic heterocycles. The zero-order chi connectivity index (χ0) is 14.9. The van der Waals surface area contributed by atoms with Crippen LogP contribution in [0.1, 0.15) is 54.1 Å². The summed E-state index contributed by atoms with van der Waals surface area (Å²) in [5.41, 5.74) is 1.43. The van der Waals surface area contributed by atoms with Gasteiger partial charge in [-0.3, -0.25) is 9.89 Å². The zero-order valence-electron chi connectivity index (χ0n) is 11.7. The summed E-state index contributed by atoms with van der Waals surface area (Å²) < 4.78 is 22.7. The van der Waals surface area contributed by atoms with Gasteiger partial charge >= 0.3 is 0 Å². The van der Waals surface area contributed by atoms with Gasteiger partial charge in [0.05, 0.1) is 29.2 Å². The van der Waals surface area contributed by atoms with Crippen LogP contribution in [0.25, 0.3) is 0 Å². The van der Waals surface area contributed by atoms with E-state index in [1.807, 2.05) is 0 Å². The van der Waals surface area contributed by atoms with Gasteiger partial charge in [-0.1, -0.05) is 19.3 Å². The molecule has 0 radical (unpaired) electrons. The van der Waals surface area contributed by atoms with Crippen LogP contribution in [0.3, 0.4) is 0 Å². The van der Waals surface area contributed by atoms with Crippen LogP contribution >= 0.6 is 0 Å². The van der Waals surface area contributed by atoms with E-state index in [0.29, 0.717) is 11.5 Å². The summed E-state index contributed by atoms with van der Waals surface area (Å²) in [7, 11) is -3.16. The maximum Gasteiger partial charge on any atom is 0.255 e. The number of aromatic nitrogens is 2. The van der Waals surface area contributed by atoms with E-state index in [0.717, 1.165) is 23.9 Å². The molecule has 1 atom stereocenters. The molecule has 0 bridgehead atoms. The molecule has 3 rings (SSSR count). The molecule has 2 heterocycles. The Morgan fingerprint density at radius 2 is 2.05 bits per heavy atom. The van der Waals surface area contributed by atoms with Gasteiger partial charge in [0, 0.05) is 11.3 Å². The van der Waals surface area contributed by atoms with E-state index in [-0.39, 0.29) is 11.7 Å². The third kappa shape index (κ3) is 3.18. The molecule has 21 heavy (non-hydrogen) atoms. The molecule has 0 aromatic carbocycles. The Balaban J connectivity index is 1.71. The molecule has 2 N–H and O–H groups in total. The van der Waals surface area contributed by atoms with Crippen molar-refractivity contribution in [2.45, 2.75) is 44.1 Å². The minimum atomic E-state index is -3.16. The van der Waals surface area contributed by atoms with Gasteiger partial charge < -0.3 is 5.32 Å². The molecular weight excluding hydrogens is 290 g/mol. The van der Waals surface area contributed by atoms with Crippen LogP contribution in [-0.4, -0.2) is 36.3 Å². The Labute approximate surface area is 123 Å². The van der Waals surface area contributed by atoms with Gasteiger partial charge in [0.2, 0.25) is 0 Å². The monoisotopic (exact) mass is 309 g/mol. The summed E-state index contributed by atoms with van der Waals surface area (Å²) in [5.74, 6) is 0.0379. The highest BCUT2D eigenvalue weighted by Crippen LogP contribution is 2.33. The lowest BCUT2D eigenvalue weighted by atomic mass is 9.85. The number of rotatable bonds is 3. The average Bonchev–Trinajstić information content (AvgIpc) is 3.06. The van der Waals surface area contributed by atoms with Crippen LogP contribution in [0, 0.1) is 0 Å². The van der Waals surface area contributed by atoms with Crippen molar-refractivity contribution < 1.29 is 13.2 Å². The zero-order valence-corrected chi connectivity index (χ0v) is 12.5. The summed E-state index contributed by atoms with van der Waals surface area (Å²) in [5, 5.41) is 10.9. The van der Waals surface area contributed by atoms with Crippen molar-refractivity contribution in [1.29, 1.82) is 0 Å². The number of carbonyl (C=O) groups excluding carboxylic acids is 1. The van der Waals surface area contributed by atoms with Crippen molar-refractivity contribution in [2.75, 3.05) is 5.75 Å². The van der Waals surface area contributed by atoms with Crippen LogP contribution in [0.4, 0.5) is 0 Å². The van der Waals surface area contributed by atoms with E-state index in [9.17, 15) is 13.2 Å². The Morgan fingerprint density at radius 3 is 2.71 bits per heavy atom. The normalized spacial score (nSPS) is 25.0. The molecule has 2 aliphatic rings. The number of sulfone groups is 1. The summed E-state index contributed by atoms with van der Waals surface area (Å²) in [4.78, 5) is 12.3. The first-order valence-corrected chi connectivity index (χ1v) is 9.02. The van der Waals surface area contributed by atoms with Crippen molar-refractivity contribution in [3.63, 3.8) is 0 Å². The van der Waals surface area contributed by atoms with Gasteiger partial charge in [-0.15, -0.1) is 0 Å². The first-order valence-electron chi connectivity index (χ1n) is 7.30. The number of hydrogen-bond acceptors (Lipinski definition) is 4. The highest BCUT2D eigenvalue weighted by molar-refractivity contribution is 7.94. The predicted octanol–water partition coefficient (Wildman–Crippen LogP) is 1.50. The van der Waals surface area contributed by atoms with Gasteiger partial charge in [0.15, 0.2) is 9.84 Å². The first kappa shape index (κ1) is 14.3. The molecule has 0 spiro atoms. The second-order valence-electron chi connectivity index (χ2n) is 5.77. The average molecular weight is 309 g/mol. The summed E-state index contributed by atoms with van der Waals surface area (Å²) >= 11 is 0. The summed E-state index contributed by atoms with van der Waals surface area (Å²) in [6, 6.07) is -0.448. The second-order valence-corrected chi connectivity index (χ2v) is 7.70. The number of nitrogens with zero attached hydrogens (tertiary/aromatic N) is 1. The molecule has 6 nitrogen and oxygen atoms in total. The van der Waals surface area contributed by atoms with E-state index in [4.69, 9.17) is 0 Å². The van der Waals surface area contributed by atoms with Gasteiger partial charge in [0.25, 0.3) is 5.91 Å². The molecule has 114 valence electrons. The number of amides is 1. The number of hydrogen-bond donors (Lipinski definition) is 2. The second kappa shape index (κ2) is 5.63. The van der Waals surface area contributed by atoms with E-state index < -0.39 is 15.9 Å². The van der Waals surface area contributed by atoms with Gasteiger partial charge in [-0.2, -0.15) is 5.10 Å². The van der Waals surface area contributed by atoms with Gasteiger partial charge in [0.1, 0.15) is 0 Å². The van der Waals surface area contributed by atoms with E-state index >= 15 is 0 Å². The lowest BCUT2D eigenvalue weighted by Gasteiger charge is -2.21. The van der Waals surface area contributed by atoms with Crippen LogP contribution in [-0.2, 0) is 9.84 Å². The smallest absolute Gasteiger partial charge is 0.255 e. The van der Waals surface area contributed by atoms with Crippen molar-refractivity contribution in [1.82, 2.24) is 15.5 Å². The topological polar surface area (TPSA) is 91.9 Å². The molecule has 1 aromatic rings. The lowest BCUT2D eigenvalue weighted by molar-refractivity contribution is 0.0946. The molecule has 1 saturated carbocycles. The predicted molar refractivity (Wildman–Crippen MR) is 78.6 cm³/mol. The molecule has 1 aliphatic carbocycles. The molecule has 1 aliphatic heterocycles. The minimum absolute atomic E-state index is 0.0602. The third-order valence-corrected chi connectivity index (χ3v) is 5.57. The van der Waals surface area contributed by atoms with E-state index in [2.05, 4.69) is 15.5 Å². The summed E-state index contributed by atoms with van der Waals surface area (Å²) in [6.07, 6.45) is 8.79. The highest BCUT2D eigenvalue weighted by Gasteiger charge is 2.27. The fourth-order valence-corrected chi connectivity index (χ4v) is 4.33. The number of H-pyrrole nitrogens is 1. The number of aromatic amines is 1. The van der Waals surface area contributed by atoms with Crippen molar-refractivity contribution in [3.05, 3.63) is 28.9 Å². The third-order valence-electron chi connectivity index (χ3n) is 4.17. The Hall–Kier alpha value is -1.63. The number of nitrogens with one attached hydrogen (secondary N) is 2. The Morgan fingerprint density at radius 1 is 1.29 bits per heavy atom. The van der Waals surface area contributed by atoms with Gasteiger partial charge in [-0.05, 0) is 18.9 Å². The lowest BCUT2D eigenvalue weighted by Crippen LogP contribution is -2.36. The van der Waals surface area contributed by atoms with E-state index in [1.165, 1.54) is 31.5 Å². The standard InChI is InChI=1S/C14H19N3O3S/c18-14(16-11-6-7-21(19,20)9-11)12-8-15-17-13(12)10-4-2-1-3-5-10/h6-8,10-11H,1-5,9H2,(H,15,17)(H,16,18)/t11-/m0/s1. The van der Waals surface area contributed by atoms with Crippen LogP contribution in [0.5, 0.6) is 0 Å². The molecule has 0 saturated heterocycles. The maximum atomic E-state index is 12.3. The SMILES string of the molecule is O=C(N[C@H]1C=CS(=O)(=O)C1)c1cn[nH]c1C1CCCCC1. The molecule has 0 unspecified atom stereocenters. The Bertz CT molecular complexity index is 657. The quantitative estimate of drug-likeness (QED) is 0.885. The molecule has 7 heteroatoms. The fourth-order valence-electron chi connectivity index (χ4n) is 3.09. The number of carbonyl (C=O) groups is 1. The van der Waals surface area contributed by atoms with Gasteiger partial charge in [-0.25, -0.2) is 8.42 Å². The van der Waals surface area contributed by atoms with Crippen LogP contribution in [0.2, 0.25) is 0 Å². The summed E-state index contributed by atoms with van der Waals surface area (Å²) in [6.45, 7) is 0. The highest BCUT2D eigenvalue weighted by atomic mass is 32.2.